The Labute approximate surface area is 113 Å². The summed E-state index contributed by atoms with van der Waals surface area (Å²) in [5.41, 5.74) is 4.17. The molecule has 1 aromatic carbocycles. The lowest BCUT2D eigenvalue weighted by Crippen LogP contribution is -2.00. The minimum absolute atomic E-state index is 0.375. The van der Waals surface area contributed by atoms with Gasteiger partial charge in [0.25, 0.3) is 0 Å². The molecule has 0 fully saturated rings. The van der Waals surface area contributed by atoms with Crippen molar-refractivity contribution in [3.8, 4) is 0 Å². The molecular formula is C15H18ClNO. The molecule has 0 unspecified atom stereocenters. The number of aryl methyl sites for hydroxylation is 1. The average molecular weight is 264 g/mol. The molecule has 2 nitrogen and oxygen atoms in total. The summed E-state index contributed by atoms with van der Waals surface area (Å²) in [5, 5.41) is 1.84. The van der Waals surface area contributed by atoms with Crippen molar-refractivity contribution in [1.29, 1.82) is 0 Å². The average Bonchev–Trinajstić information content (AvgIpc) is 2.30. The number of nitrogens with zero attached hydrogens (tertiary/aromatic N) is 1. The van der Waals surface area contributed by atoms with Crippen LogP contribution in [0.3, 0.4) is 0 Å². The van der Waals surface area contributed by atoms with Crippen LogP contribution < -0.4 is 0 Å². The van der Waals surface area contributed by atoms with Crippen LogP contribution in [0.5, 0.6) is 0 Å². The molecule has 0 N–H and O–H groups in total. The first-order valence-electron chi connectivity index (χ1n) is 6.12. The molecule has 0 aliphatic heterocycles. The number of aromatic nitrogens is 1. The monoisotopic (exact) mass is 263 g/mol. The van der Waals surface area contributed by atoms with Crippen molar-refractivity contribution in [3.05, 3.63) is 40.0 Å². The number of para-hydroxylation sites is 1. The zero-order valence-corrected chi connectivity index (χ0v) is 12.0. The Morgan fingerprint density at radius 2 is 2.06 bits per heavy atom. The van der Waals surface area contributed by atoms with E-state index in [1.54, 1.807) is 7.11 Å². The number of benzene rings is 1. The lowest BCUT2D eigenvalue weighted by Gasteiger charge is -2.15. The van der Waals surface area contributed by atoms with Crippen molar-refractivity contribution in [2.45, 2.75) is 33.3 Å². The van der Waals surface area contributed by atoms with E-state index in [4.69, 9.17) is 21.3 Å². The number of hydrogen-bond acceptors (Lipinski definition) is 2. The third-order valence-corrected chi connectivity index (χ3v) is 3.55. The van der Waals surface area contributed by atoms with Gasteiger partial charge >= 0.3 is 0 Å². The summed E-state index contributed by atoms with van der Waals surface area (Å²) in [6, 6.07) is 6.06. The Bertz CT molecular complexity index is 578. The van der Waals surface area contributed by atoms with Gasteiger partial charge in [-0.3, -0.25) is 4.98 Å². The van der Waals surface area contributed by atoms with Crippen LogP contribution in [0.4, 0.5) is 0 Å². The summed E-state index contributed by atoms with van der Waals surface area (Å²) in [6.45, 7) is 6.85. The Kier molecular flexibility index (Phi) is 3.88. The van der Waals surface area contributed by atoms with Gasteiger partial charge in [0.15, 0.2) is 0 Å². The molecule has 0 atom stereocenters. The van der Waals surface area contributed by atoms with Crippen LogP contribution in [0.1, 0.15) is 36.6 Å². The van der Waals surface area contributed by atoms with E-state index in [0.717, 1.165) is 32.7 Å². The third-order valence-electron chi connectivity index (χ3n) is 3.14. The van der Waals surface area contributed by atoms with E-state index in [9.17, 15) is 0 Å². The van der Waals surface area contributed by atoms with E-state index < -0.39 is 0 Å². The number of ether oxygens (including phenoxy) is 1. The zero-order valence-electron chi connectivity index (χ0n) is 11.2. The molecule has 0 saturated carbocycles. The van der Waals surface area contributed by atoms with Crippen molar-refractivity contribution in [2.75, 3.05) is 7.11 Å². The molecule has 0 amide bonds. The van der Waals surface area contributed by atoms with Gasteiger partial charge in [-0.25, -0.2) is 0 Å². The molecule has 2 aromatic rings. The van der Waals surface area contributed by atoms with Crippen molar-refractivity contribution >= 4 is 22.5 Å². The highest BCUT2D eigenvalue weighted by molar-refractivity contribution is 6.36. The lowest BCUT2D eigenvalue weighted by molar-refractivity contribution is 0.186. The smallest absolute Gasteiger partial charge is 0.0775 e. The zero-order chi connectivity index (χ0) is 13.3. The second-order valence-corrected chi connectivity index (χ2v) is 5.20. The minimum atomic E-state index is 0.375. The molecule has 0 aliphatic rings. The van der Waals surface area contributed by atoms with Gasteiger partial charge in [0.1, 0.15) is 0 Å². The standard InChI is InChI=1S/C15H18ClNO/c1-9(2)13-10(3)17-15-11(8-18-4)6-5-7-12(15)14(13)16/h5-7,9H,8H2,1-4H3. The third kappa shape index (κ3) is 2.23. The van der Waals surface area contributed by atoms with Gasteiger partial charge in [0.2, 0.25) is 0 Å². The molecule has 0 bridgehead atoms. The quantitative estimate of drug-likeness (QED) is 0.815. The van der Waals surface area contributed by atoms with Crippen LogP contribution in [-0.2, 0) is 11.3 Å². The highest BCUT2D eigenvalue weighted by Gasteiger charge is 2.15. The highest BCUT2D eigenvalue weighted by Crippen LogP contribution is 2.34. The van der Waals surface area contributed by atoms with Crippen LogP contribution in [0.25, 0.3) is 10.9 Å². The predicted molar refractivity (Wildman–Crippen MR) is 76.3 cm³/mol. The molecule has 3 heteroatoms. The Balaban J connectivity index is 2.77. The Hall–Kier alpha value is -1.12. The summed E-state index contributed by atoms with van der Waals surface area (Å²) < 4.78 is 5.21. The molecule has 18 heavy (non-hydrogen) atoms. The Morgan fingerprint density at radius 1 is 1.33 bits per heavy atom. The van der Waals surface area contributed by atoms with E-state index >= 15 is 0 Å². The fourth-order valence-electron chi connectivity index (χ4n) is 2.38. The van der Waals surface area contributed by atoms with Crippen LogP contribution in [0.2, 0.25) is 5.02 Å². The first-order valence-corrected chi connectivity index (χ1v) is 6.50. The largest absolute Gasteiger partial charge is 0.380 e. The van der Waals surface area contributed by atoms with E-state index in [1.165, 1.54) is 0 Å². The van der Waals surface area contributed by atoms with Crippen molar-refractivity contribution < 1.29 is 4.74 Å². The first-order chi connectivity index (χ1) is 8.56. The highest BCUT2D eigenvalue weighted by atomic mass is 35.5. The fourth-order valence-corrected chi connectivity index (χ4v) is 2.88. The van der Waals surface area contributed by atoms with Gasteiger partial charge < -0.3 is 4.74 Å². The maximum atomic E-state index is 6.53. The van der Waals surface area contributed by atoms with Gasteiger partial charge in [0.05, 0.1) is 17.1 Å². The number of rotatable bonds is 3. The van der Waals surface area contributed by atoms with Gasteiger partial charge in [-0.05, 0) is 18.4 Å². The number of pyridine rings is 1. The van der Waals surface area contributed by atoms with Gasteiger partial charge in [-0.1, -0.05) is 43.6 Å². The molecule has 0 saturated heterocycles. The van der Waals surface area contributed by atoms with Crippen LogP contribution in [0.15, 0.2) is 18.2 Å². The molecular weight excluding hydrogens is 246 g/mol. The summed E-state index contributed by atoms with van der Waals surface area (Å²) in [4.78, 5) is 4.71. The molecule has 1 aromatic heterocycles. The normalized spacial score (nSPS) is 11.4. The fraction of sp³-hybridized carbons (Fsp3) is 0.400. The van der Waals surface area contributed by atoms with Crippen molar-refractivity contribution in [3.63, 3.8) is 0 Å². The molecule has 0 aliphatic carbocycles. The SMILES string of the molecule is COCc1cccc2c(Cl)c(C(C)C)c(C)nc12. The number of hydrogen-bond donors (Lipinski definition) is 0. The second kappa shape index (κ2) is 5.25. The van der Waals surface area contributed by atoms with E-state index in [0.29, 0.717) is 12.5 Å². The van der Waals surface area contributed by atoms with Crippen LogP contribution in [0, 0.1) is 6.92 Å². The number of halogens is 1. The summed E-state index contributed by atoms with van der Waals surface area (Å²) in [7, 11) is 1.69. The van der Waals surface area contributed by atoms with Gasteiger partial charge in [-0.15, -0.1) is 0 Å². The van der Waals surface area contributed by atoms with E-state index in [-0.39, 0.29) is 0 Å². The van der Waals surface area contributed by atoms with Gasteiger partial charge in [-0.2, -0.15) is 0 Å². The predicted octanol–water partition coefficient (Wildman–Crippen LogP) is 4.47. The van der Waals surface area contributed by atoms with Crippen LogP contribution >= 0.6 is 11.6 Å². The lowest BCUT2D eigenvalue weighted by atomic mass is 9.98. The van der Waals surface area contributed by atoms with Crippen LogP contribution in [-0.4, -0.2) is 12.1 Å². The van der Waals surface area contributed by atoms with Gasteiger partial charge in [0, 0.05) is 23.8 Å². The van der Waals surface area contributed by atoms with E-state index in [1.807, 2.05) is 25.1 Å². The minimum Gasteiger partial charge on any atom is -0.380 e. The van der Waals surface area contributed by atoms with E-state index in [2.05, 4.69) is 13.8 Å². The molecule has 1 heterocycles. The first kappa shape index (κ1) is 13.3. The molecule has 96 valence electrons. The number of fused-ring (bicyclic) bond motifs is 1. The molecule has 0 radical (unpaired) electrons. The summed E-state index contributed by atoms with van der Waals surface area (Å²) in [6.07, 6.45) is 0. The molecule has 2 rings (SSSR count). The van der Waals surface area contributed by atoms with Crippen molar-refractivity contribution in [2.24, 2.45) is 0 Å². The molecule has 0 spiro atoms. The Morgan fingerprint density at radius 3 is 2.67 bits per heavy atom. The maximum absolute atomic E-state index is 6.53. The topological polar surface area (TPSA) is 22.1 Å². The van der Waals surface area contributed by atoms with Crippen molar-refractivity contribution in [1.82, 2.24) is 4.98 Å². The maximum Gasteiger partial charge on any atom is 0.0775 e. The summed E-state index contributed by atoms with van der Waals surface area (Å²) in [5.74, 6) is 0.375. The number of methoxy groups -OCH3 is 1. The summed E-state index contributed by atoms with van der Waals surface area (Å²) >= 11 is 6.53. The second-order valence-electron chi connectivity index (χ2n) is 4.83.